The molecule has 0 aromatic heterocycles. The van der Waals surface area contributed by atoms with Gasteiger partial charge in [0.25, 0.3) is 0 Å². The molecule has 1 saturated carbocycles. The predicted octanol–water partition coefficient (Wildman–Crippen LogP) is 2.99. The van der Waals surface area contributed by atoms with Crippen molar-refractivity contribution >= 4 is 0 Å². The first-order valence-corrected chi connectivity index (χ1v) is 6.43. The van der Waals surface area contributed by atoms with Gasteiger partial charge in [-0.05, 0) is 38.5 Å². The quantitative estimate of drug-likeness (QED) is 0.762. The van der Waals surface area contributed by atoms with E-state index in [9.17, 15) is 5.11 Å². The van der Waals surface area contributed by atoms with E-state index in [0.29, 0.717) is 12.5 Å². The number of hydrogen-bond acceptors (Lipinski definition) is 2. The van der Waals surface area contributed by atoms with Crippen LogP contribution < -0.4 is 0 Å². The third-order valence-corrected chi connectivity index (χ3v) is 3.55. The highest BCUT2D eigenvalue weighted by Gasteiger charge is 2.26. The van der Waals surface area contributed by atoms with Gasteiger partial charge in [-0.1, -0.05) is 26.2 Å². The summed E-state index contributed by atoms with van der Waals surface area (Å²) in [6, 6.07) is 0. The van der Waals surface area contributed by atoms with Crippen LogP contribution in [0.4, 0.5) is 0 Å². The summed E-state index contributed by atoms with van der Waals surface area (Å²) in [6.07, 6.45) is 6.24. The van der Waals surface area contributed by atoms with Crippen molar-refractivity contribution < 1.29 is 9.84 Å². The SMILES string of the molecule is CCC1CCCC(C(O)COC(C)C)C1. The lowest BCUT2D eigenvalue weighted by Gasteiger charge is -2.31. The van der Waals surface area contributed by atoms with Crippen LogP contribution in [0.15, 0.2) is 0 Å². The molecular formula is C13H26O2. The Labute approximate surface area is 94.0 Å². The Morgan fingerprint density at radius 2 is 2.07 bits per heavy atom. The molecule has 15 heavy (non-hydrogen) atoms. The summed E-state index contributed by atoms with van der Waals surface area (Å²) >= 11 is 0. The first-order chi connectivity index (χ1) is 7.13. The van der Waals surface area contributed by atoms with Crippen LogP contribution in [-0.4, -0.2) is 23.9 Å². The van der Waals surface area contributed by atoms with Crippen LogP contribution >= 0.6 is 0 Å². The maximum absolute atomic E-state index is 10.0. The molecule has 2 nitrogen and oxygen atoms in total. The molecule has 2 heteroatoms. The number of aliphatic hydroxyl groups is 1. The highest BCUT2D eigenvalue weighted by Crippen LogP contribution is 2.32. The van der Waals surface area contributed by atoms with E-state index in [1.165, 1.54) is 32.1 Å². The Morgan fingerprint density at radius 3 is 2.67 bits per heavy atom. The van der Waals surface area contributed by atoms with Gasteiger partial charge >= 0.3 is 0 Å². The standard InChI is InChI=1S/C13H26O2/c1-4-11-6-5-7-12(8-11)13(14)9-15-10(2)3/h10-14H,4-9H2,1-3H3. The average molecular weight is 214 g/mol. The van der Waals surface area contributed by atoms with Crippen LogP contribution in [0.2, 0.25) is 0 Å². The highest BCUT2D eigenvalue weighted by atomic mass is 16.5. The first-order valence-electron chi connectivity index (χ1n) is 6.43. The van der Waals surface area contributed by atoms with Crippen LogP contribution in [0, 0.1) is 11.8 Å². The van der Waals surface area contributed by atoms with Crippen LogP contribution in [0.25, 0.3) is 0 Å². The van der Waals surface area contributed by atoms with Crippen molar-refractivity contribution in [2.45, 2.75) is 65.1 Å². The summed E-state index contributed by atoms with van der Waals surface area (Å²) < 4.78 is 5.48. The summed E-state index contributed by atoms with van der Waals surface area (Å²) in [5, 5.41) is 10.0. The second-order valence-corrected chi connectivity index (χ2v) is 5.15. The smallest absolute Gasteiger partial charge is 0.0801 e. The van der Waals surface area contributed by atoms with Crippen LogP contribution in [0.3, 0.4) is 0 Å². The summed E-state index contributed by atoms with van der Waals surface area (Å²) in [7, 11) is 0. The molecule has 90 valence electrons. The molecule has 1 aliphatic carbocycles. The van der Waals surface area contributed by atoms with E-state index >= 15 is 0 Å². The van der Waals surface area contributed by atoms with Gasteiger partial charge < -0.3 is 9.84 Å². The maximum Gasteiger partial charge on any atom is 0.0801 e. The topological polar surface area (TPSA) is 29.5 Å². The van der Waals surface area contributed by atoms with Gasteiger partial charge in [-0.3, -0.25) is 0 Å². The Balaban J connectivity index is 2.28. The molecule has 3 atom stereocenters. The molecule has 0 aromatic carbocycles. The van der Waals surface area contributed by atoms with Gasteiger partial charge in [0.15, 0.2) is 0 Å². The van der Waals surface area contributed by atoms with Gasteiger partial charge in [0.2, 0.25) is 0 Å². The van der Waals surface area contributed by atoms with Crippen molar-refractivity contribution in [1.29, 1.82) is 0 Å². The Morgan fingerprint density at radius 1 is 1.33 bits per heavy atom. The van der Waals surface area contributed by atoms with E-state index in [2.05, 4.69) is 6.92 Å². The summed E-state index contributed by atoms with van der Waals surface area (Å²) in [4.78, 5) is 0. The second kappa shape index (κ2) is 6.49. The summed E-state index contributed by atoms with van der Waals surface area (Å²) in [5.74, 6) is 1.31. The van der Waals surface area contributed by atoms with Gasteiger partial charge in [-0.15, -0.1) is 0 Å². The second-order valence-electron chi connectivity index (χ2n) is 5.15. The lowest BCUT2D eigenvalue weighted by molar-refractivity contribution is -0.0316. The van der Waals surface area contributed by atoms with Crippen molar-refractivity contribution in [3.8, 4) is 0 Å². The molecule has 0 aromatic rings. The minimum Gasteiger partial charge on any atom is -0.390 e. The zero-order chi connectivity index (χ0) is 11.3. The molecule has 1 fully saturated rings. The first kappa shape index (κ1) is 13.0. The van der Waals surface area contributed by atoms with Gasteiger partial charge in [0.05, 0.1) is 18.8 Å². The summed E-state index contributed by atoms with van der Waals surface area (Å²) in [5.41, 5.74) is 0. The molecule has 0 radical (unpaired) electrons. The van der Waals surface area contributed by atoms with Gasteiger partial charge in [-0.2, -0.15) is 0 Å². The van der Waals surface area contributed by atoms with E-state index in [-0.39, 0.29) is 12.2 Å². The largest absolute Gasteiger partial charge is 0.390 e. The zero-order valence-electron chi connectivity index (χ0n) is 10.4. The molecule has 0 aliphatic heterocycles. The fraction of sp³-hybridized carbons (Fsp3) is 1.00. The molecule has 0 spiro atoms. The average Bonchev–Trinajstić information content (AvgIpc) is 2.26. The van der Waals surface area contributed by atoms with Gasteiger partial charge in [0.1, 0.15) is 0 Å². The molecule has 0 amide bonds. The molecule has 1 N–H and O–H groups in total. The molecule has 0 bridgehead atoms. The highest BCUT2D eigenvalue weighted by molar-refractivity contribution is 4.77. The predicted molar refractivity (Wildman–Crippen MR) is 62.8 cm³/mol. The molecule has 3 unspecified atom stereocenters. The third kappa shape index (κ3) is 4.52. The van der Waals surface area contributed by atoms with Crippen molar-refractivity contribution in [3.63, 3.8) is 0 Å². The minimum atomic E-state index is -0.248. The lowest BCUT2D eigenvalue weighted by atomic mass is 9.78. The van der Waals surface area contributed by atoms with Crippen molar-refractivity contribution in [1.82, 2.24) is 0 Å². The van der Waals surface area contributed by atoms with Gasteiger partial charge in [0, 0.05) is 0 Å². The van der Waals surface area contributed by atoms with E-state index < -0.39 is 0 Å². The molecular weight excluding hydrogens is 188 g/mol. The molecule has 0 heterocycles. The Hall–Kier alpha value is -0.0800. The number of rotatable bonds is 5. The fourth-order valence-corrected chi connectivity index (χ4v) is 2.48. The van der Waals surface area contributed by atoms with Crippen LogP contribution in [0.1, 0.15) is 52.9 Å². The van der Waals surface area contributed by atoms with E-state index in [4.69, 9.17) is 4.74 Å². The van der Waals surface area contributed by atoms with E-state index in [1.54, 1.807) is 0 Å². The number of hydrogen-bond donors (Lipinski definition) is 1. The molecule has 1 aliphatic rings. The number of aliphatic hydroxyl groups excluding tert-OH is 1. The fourth-order valence-electron chi connectivity index (χ4n) is 2.48. The third-order valence-electron chi connectivity index (χ3n) is 3.55. The van der Waals surface area contributed by atoms with Crippen molar-refractivity contribution in [2.24, 2.45) is 11.8 Å². The van der Waals surface area contributed by atoms with Crippen molar-refractivity contribution in [2.75, 3.05) is 6.61 Å². The normalized spacial score (nSPS) is 29.4. The molecule has 0 saturated heterocycles. The monoisotopic (exact) mass is 214 g/mol. The Kier molecular flexibility index (Phi) is 5.62. The minimum absolute atomic E-state index is 0.227. The van der Waals surface area contributed by atoms with Crippen LogP contribution in [-0.2, 0) is 4.74 Å². The summed E-state index contributed by atoms with van der Waals surface area (Å²) in [6.45, 7) is 6.80. The van der Waals surface area contributed by atoms with Crippen molar-refractivity contribution in [3.05, 3.63) is 0 Å². The maximum atomic E-state index is 10.0. The van der Waals surface area contributed by atoms with E-state index in [0.717, 1.165) is 5.92 Å². The lowest BCUT2D eigenvalue weighted by Crippen LogP contribution is -2.31. The number of ether oxygens (including phenoxy) is 1. The Bertz CT molecular complexity index is 168. The zero-order valence-corrected chi connectivity index (χ0v) is 10.4. The molecule has 1 rings (SSSR count). The van der Waals surface area contributed by atoms with Gasteiger partial charge in [-0.25, -0.2) is 0 Å². The van der Waals surface area contributed by atoms with E-state index in [1.807, 2.05) is 13.8 Å². The van der Waals surface area contributed by atoms with Crippen LogP contribution in [0.5, 0.6) is 0 Å².